The Balaban J connectivity index is 1.47. The summed E-state index contributed by atoms with van der Waals surface area (Å²) in [7, 11) is 0. The summed E-state index contributed by atoms with van der Waals surface area (Å²) in [5.74, 6) is -0.573. The summed E-state index contributed by atoms with van der Waals surface area (Å²) in [6.07, 6.45) is 3.88. The van der Waals surface area contributed by atoms with Gasteiger partial charge in [0.2, 0.25) is 5.91 Å². The second-order valence-corrected chi connectivity index (χ2v) is 13.4. The third-order valence-electron chi connectivity index (χ3n) is 9.34. The molecule has 0 spiro atoms. The van der Waals surface area contributed by atoms with Crippen LogP contribution in [0.5, 0.6) is 0 Å². The summed E-state index contributed by atoms with van der Waals surface area (Å²) in [6, 6.07) is -1.77. The van der Waals surface area contributed by atoms with E-state index in [4.69, 9.17) is 4.74 Å². The van der Waals surface area contributed by atoms with Gasteiger partial charge in [0.15, 0.2) is 0 Å². The minimum atomic E-state index is -0.985. The molecule has 5 saturated carbocycles. The second-order valence-electron chi connectivity index (χ2n) is 13.4. The Labute approximate surface area is 195 Å². The van der Waals surface area contributed by atoms with Crippen LogP contribution in [-0.4, -0.2) is 62.9 Å². The van der Waals surface area contributed by atoms with E-state index < -0.39 is 40.8 Å². The van der Waals surface area contributed by atoms with Crippen LogP contribution < -0.4 is 5.32 Å². The van der Waals surface area contributed by atoms with E-state index in [1.165, 1.54) is 4.90 Å². The number of ether oxygens (including phenoxy) is 1. The van der Waals surface area contributed by atoms with Gasteiger partial charge in [0.25, 0.3) is 0 Å². The molecule has 2 amide bonds. The van der Waals surface area contributed by atoms with Crippen molar-refractivity contribution in [2.75, 3.05) is 6.54 Å². The number of nitrogens with zero attached hydrogens (tertiary/aromatic N) is 1. The predicted octanol–water partition coefficient (Wildman–Crippen LogP) is 2.78. The molecule has 6 rings (SSSR count). The maximum absolute atomic E-state index is 14.1. The lowest BCUT2D eigenvalue weighted by Crippen LogP contribution is -2.67. The van der Waals surface area contributed by atoms with Gasteiger partial charge in [-0.1, -0.05) is 13.8 Å². The molecule has 1 saturated heterocycles. The first kappa shape index (κ1) is 22.9. The first-order valence-corrected chi connectivity index (χ1v) is 12.4. The highest BCUT2D eigenvalue weighted by Gasteiger charge is 2.71. The van der Waals surface area contributed by atoms with Crippen molar-refractivity contribution in [1.82, 2.24) is 10.2 Å². The van der Waals surface area contributed by atoms with Gasteiger partial charge in [0, 0.05) is 17.9 Å². The smallest absolute Gasteiger partial charge is 0.408 e. The third-order valence-corrected chi connectivity index (χ3v) is 9.34. The third kappa shape index (κ3) is 3.63. The minimum Gasteiger partial charge on any atom is -0.480 e. The Hall–Kier alpha value is -1.83. The molecule has 3 N–H and O–H groups in total. The molecule has 6 aliphatic rings. The number of carboxylic acid groups (broad SMARTS) is 1. The van der Waals surface area contributed by atoms with E-state index in [-0.39, 0.29) is 23.2 Å². The topological polar surface area (TPSA) is 116 Å². The quantitative estimate of drug-likeness (QED) is 0.592. The number of piperidine rings is 1. The number of amides is 2. The zero-order valence-electron chi connectivity index (χ0n) is 20.4. The molecule has 0 aromatic heterocycles. The SMILES string of the molecule is CC(C)(C)OC(=O)N[C@H](C(=O)N1C[C@H]2[C@@H]([C@H]1C(=O)O)C2(C)C)[C@@]12C[C@@H]3C[C@@H](C[C@](O)(C3)C1)C2. The molecule has 0 unspecified atom stereocenters. The molecule has 0 radical (unpaired) electrons. The second kappa shape index (κ2) is 6.86. The van der Waals surface area contributed by atoms with Crippen LogP contribution in [-0.2, 0) is 14.3 Å². The highest BCUT2D eigenvalue weighted by molar-refractivity contribution is 5.91. The number of hydrogen-bond donors (Lipinski definition) is 3. The molecular weight excluding hydrogens is 424 g/mol. The molecule has 184 valence electrons. The van der Waals surface area contributed by atoms with Crippen molar-refractivity contribution in [3.8, 4) is 0 Å². The Morgan fingerprint density at radius 1 is 1.09 bits per heavy atom. The van der Waals surface area contributed by atoms with E-state index in [2.05, 4.69) is 19.2 Å². The maximum atomic E-state index is 14.1. The number of nitrogens with one attached hydrogen (secondary N) is 1. The molecule has 6 fully saturated rings. The number of rotatable bonds is 4. The van der Waals surface area contributed by atoms with Gasteiger partial charge in [-0.3, -0.25) is 4.79 Å². The Morgan fingerprint density at radius 2 is 1.70 bits per heavy atom. The van der Waals surface area contributed by atoms with Gasteiger partial charge in [-0.2, -0.15) is 0 Å². The molecule has 0 aromatic carbocycles. The van der Waals surface area contributed by atoms with Gasteiger partial charge >= 0.3 is 12.1 Å². The van der Waals surface area contributed by atoms with E-state index in [0.29, 0.717) is 24.8 Å². The fraction of sp³-hybridized carbons (Fsp3) is 0.880. The number of carboxylic acids is 1. The molecule has 5 aliphatic carbocycles. The number of carbonyl (C=O) groups is 3. The van der Waals surface area contributed by atoms with Crippen LogP contribution in [0.2, 0.25) is 0 Å². The summed E-state index contributed by atoms with van der Waals surface area (Å²) in [5, 5.41) is 24.2. The fourth-order valence-corrected chi connectivity index (χ4v) is 8.49. The van der Waals surface area contributed by atoms with Crippen molar-refractivity contribution >= 4 is 18.0 Å². The van der Waals surface area contributed by atoms with Crippen LogP contribution in [0.4, 0.5) is 4.79 Å². The number of aliphatic hydroxyl groups is 1. The molecular formula is C25H38N2O6. The minimum absolute atomic E-state index is 0.0679. The molecule has 33 heavy (non-hydrogen) atoms. The number of aliphatic carboxylic acids is 1. The average molecular weight is 463 g/mol. The molecule has 4 bridgehead atoms. The van der Waals surface area contributed by atoms with Gasteiger partial charge < -0.3 is 25.2 Å². The lowest BCUT2D eigenvalue weighted by molar-refractivity contribution is -0.181. The van der Waals surface area contributed by atoms with Crippen molar-refractivity contribution in [3.63, 3.8) is 0 Å². The normalized spacial score (nSPS) is 43.1. The molecule has 1 heterocycles. The van der Waals surface area contributed by atoms with Crippen molar-refractivity contribution in [2.24, 2.45) is 34.5 Å². The van der Waals surface area contributed by atoms with Crippen LogP contribution in [0, 0.1) is 34.5 Å². The Bertz CT molecular complexity index is 878. The number of hydrogen-bond acceptors (Lipinski definition) is 5. The largest absolute Gasteiger partial charge is 0.480 e. The predicted molar refractivity (Wildman–Crippen MR) is 119 cm³/mol. The van der Waals surface area contributed by atoms with Crippen molar-refractivity contribution < 1.29 is 29.3 Å². The zero-order valence-corrected chi connectivity index (χ0v) is 20.4. The maximum Gasteiger partial charge on any atom is 0.408 e. The lowest BCUT2D eigenvalue weighted by atomic mass is 9.46. The molecule has 8 heteroatoms. The summed E-state index contributed by atoms with van der Waals surface area (Å²) < 4.78 is 5.51. The van der Waals surface area contributed by atoms with E-state index >= 15 is 0 Å². The van der Waals surface area contributed by atoms with E-state index in [9.17, 15) is 24.6 Å². The van der Waals surface area contributed by atoms with Crippen LogP contribution >= 0.6 is 0 Å². The van der Waals surface area contributed by atoms with Crippen molar-refractivity contribution in [3.05, 3.63) is 0 Å². The highest BCUT2D eigenvalue weighted by atomic mass is 16.6. The van der Waals surface area contributed by atoms with Gasteiger partial charge in [-0.25, -0.2) is 9.59 Å². The van der Waals surface area contributed by atoms with Crippen LogP contribution in [0.1, 0.15) is 73.1 Å². The standard InChI is InChI=1S/C25H38N2O6/c1-22(2,3)33-21(31)26-18(24-7-13-6-14(8-24)10-25(32,9-13)12-24)19(28)27-11-15-16(23(15,4)5)17(27)20(29)30/h13-18,32H,6-12H2,1-5H3,(H,26,31)(H,29,30)/t13-,14+,15-,16-,17-,18+,24+,25+/m0/s1. The Kier molecular flexibility index (Phi) is 4.77. The zero-order chi connectivity index (χ0) is 24.1. The van der Waals surface area contributed by atoms with E-state index in [1.54, 1.807) is 20.8 Å². The average Bonchev–Trinajstić information content (AvgIpc) is 2.97. The van der Waals surface area contributed by atoms with Gasteiger partial charge in [0.1, 0.15) is 17.7 Å². The van der Waals surface area contributed by atoms with Crippen molar-refractivity contribution in [2.45, 2.75) is 96.4 Å². The number of carbonyl (C=O) groups excluding carboxylic acids is 2. The Morgan fingerprint density at radius 3 is 2.21 bits per heavy atom. The van der Waals surface area contributed by atoms with Crippen LogP contribution in [0.15, 0.2) is 0 Å². The van der Waals surface area contributed by atoms with Gasteiger partial charge in [-0.05, 0) is 82.5 Å². The summed E-state index contributed by atoms with van der Waals surface area (Å²) in [4.78, 5) is 40.7. The molecule has 0 aromatic rings. The first-order chi connectivity index (χ1) is 15.1. The van der Waals surface area contributed by atoms with Crippen LogP contribution in [0.3, 0.4) is 0 Å². The lowest BCUT2D eigenvalue weighted by Gasteiger charge is -2.62. The molecule has 8 atom stereocenters. The number of likely N-dealkylation sites (tertiary alicyclic amines) is 1. The first-order valence-electron chi connectivity index (χ1n) is 12.4. The monoisotopic (exact) mass is 462 g/mol. The van der Waals surface area contributed by atoms with Gasteiger partial charge in [0.05, 0.1) is 5.60 Å². The summed E-state index contributed by atoms with van der Waals surface area (Å²) in [5.41, 5.74) is -2.19. The van der Waals surface area contributed by atoms with E-state index in [1.807, 2.05) is 0 Å². The summed E-state index contributed by atoms with van der Waals surface area (Å²) in [6.45, 7) is 9.83. The fourth-order valence-electron chi connectivity index (χ4n) is 8.49. The van der Waals surface area contributed by atoms with Crippen LogP contribution in [0.25, 0.3) is 0 Å². The van der Waals surface area contributed by atoms with Gasteiger partial charge in [-0.15, -0.1) is 0 Å². The van der Waals surface area contributed by atoms with E-state index in [0.717, 1.165) is 32.1 Å². The molecule has 8 nitrogen and oxygen atoms in total. The highest BCUT2D eigenvalue weighted by Crippen LogP contribution is 2.66. The number of fused-ring (bicyclic) bond motifs is 1. The summed E-state index contributed by atoms with van der Waals surface area (Å²) >= 11 is 0. The van der Waals surface area contributed by atoms with Crippen molar-refractivity contribution in [1.29, 1.82) is 0 Å². The molecule has 1 aliphatic heterocycles. The number of alkyl carbamates (subject to hydrolysis) is 1.